The lowest BCUT2D eigenvalue weighted by molar-refractivity contribution is -0.239. The topological polar surface area (TPSA) is 195 Å². The minimum Gasteiger partial charge on any atom is -0.463 e. The van der Waals surface area contributed by atoms with Crippen molar-refractivity contribution < 1.29 is 52.5 Å². The predicted octanol–water partition coefficient (Wildman–Crippen LogP) is 0.406. The second-order valence-corrected chi connectivity index (χ2v) is 11.1. The van der Waals surface area contributed by atoms with Gasteiger partial charge >= 0.3 is 23.9 Å². The van der Waals surface area contributed by atoms with Crippen LogP contribution in [-0.2, 0) is 59.0 Å². The summed E-state index contributed by atoms with van der Waals surface area (Å²) in [6.45, 7) is 8.80. The van der Waals surface area contributed by atoms with Gasteiger partial charge in [-0.2, -0.15) is 0 Å². The molecule has 2 heterocycles. The lowest BCUT2D eigenvalue weighted by atomic mass is 9.95. The van der Waals surface area contributed by atoms with E-state index >= 15 is 0 Å². The first kappa shape index (κ1) is 35.4. The van der Waals surface area contributed by atoms with E-state index in [4.69, 9.17) is 35.3 Å². The minimum atomic E-state index is -1.30. The zero-order valence-corrected chi connectivity index (χ0v) is 25.9. The van der Waals surface area contributed by atoms with E-state index in [2.05, 4.69) is 15.6 Å². The maximum absolute atomic E-state index is 12.7. The molecule has 0 unspecified atom stereocenters. The van der Waals surface area contributed by atoms with Gasteiger partial charge in [-0.1, -0.05) is 5.21 Å². The molecule has 0 saturated carbocycles. The summed E-state index contributed by atoms with van der Waals surface area (Å²) >= 11 is 5.76. The number of amides is 2. The number of ether oxygens (including phenoxy) is 5. The lowest BCUT2D eigenvalue weighted by Crippen LogP contribution is -2.64. The van der Waals surface area contributed by atoms with Crippen LogP contribution >= 0.6 is 11.6 Å². The average Bonchev–Trinajstić information content (AvgIpc) is 3.31. The maximum atomic E-state index is 12.7. The molecule has 1 fully saturated rings. The normalized spacial score (nSPS) is 21.7. The molecule has 43 heavy (non-hydrogen) atoms. The number of nitrogens with one attached hydrogen (secondary N) is 1. The molecule has 2 amide bonds. The molecular formula is C26H38ClN5O11. The molecule has 0 aromatic carbocycles. The molecule has 0 radical (unpaired) electrons. The molecule has 0 aliphatic carbocycles. The molecular weight excluding hydrogens is 594 g/mol. The number of alkyl halides is 1. The van der Waals surface area contributed by atoms with Crippen LogP contribution in [0.25, 0.3) is 0 Å². The molecule has 1 saturated heterocycles. The van der Waals surface area contributed by atoms with Crippen LogP contribution in [0.15, 0.2) is 6.20 Å². The van der Waals surface area contributed by atoms with E-state index in [-0.39, 0.29) is 31.1 Å². The SMILES string of the molecule is CC(=O)N[C@@H]1[C@@H](OC(C)=O)[C@H](OC(C)=O)[C@@H](COC(C)=O)O[C@H]1n1cc(CN(CC(=O)OC(C)(C)C)C(=O)CCCl)nn1. The van der Waals surface area contributed by atoms with Gasteiger partial charge in [0.1, 0.15) is 36.6 Å². The van der Waals surface area contributed by atoms with Crippen molar-refractivity contribution in [3.05, 3.63) is 11.9 Å². The molecule has 1 aliphatic rings. The van der Waals surface area contributed by atoms with E-state index in [1.165, 1.54) is 29.6 Å². The Kier molecular flexibility index (Phi) is 12.9. The molecule has 1 aromatic rings. The molecule has 5 atom stereocenters. The van der Waals surface area contributed by atoms with Crippen molar-refractivity contribution in [1.29, 1.82) is 0 Å². The van der Waals surface area contributed by atoms with Crippen molar-refractivity contribution in [2.45, 2.75) is 97.6 Å². The second kappa shape index (κ2) is 15.6. The standard InChI is InChI=1S/C26H38ClN5O11/c1-14(33)28-22-24(41-17(4)36)23(40-16(3)35)19(13-39-15(2)34)42-25(22)32-11-18(29-30-32)10-31(20(37)8-9-27)12-21(38)43-26(5,6)7/h11,19,22-25H,8-10,12-13H2,1-7H3,(H,28,33)/t19-,22-,23-,24-,25-/m1/s1. The Balaban J connectivity index is 2.47. The quantitative estimate of drug-likeness (QED) is 0.189. The Morgan fingerprint density at radius 3 is 2.19 bits per heavy atom. The molecule has 1 aliphatic heterocycles. The minimum absolute atomic E-state index is 0.0232. The Hall–Kier alpha value is -3.79. The van der Waals surface area contributed by atoms with Crippen LogP contribution < -0.4 is 5.32 Å². The number of hydrogen-bond acceptors (Lipinski definition) is 13. The number of nitrogens with zero attached hydrogens (tertiary/aromatic N) is 4. The number of hydrogen-bond donors (Lipinski definition) is 1. The number of carbonyl (C=O) groups is 6. The second-order valence-electron chi connectivity index (χ2n) is 10.7. The number of aromatic nitrogens is 3. The van der Waals surface area contributed by atoms with Crippen LogP contribution in [0.2, 0.25) is 0 Å². The molecule has 1 aromatic heterocycles. The third-order valence-electron chi connectivity index (χ3n) is 5.66. The first-order valence-corrected chi connectivity index (χ1v) is 13.9. The van der Waals surface area contributed by atoms with Gasteiger partial charge in [0.15, 0.2) is 18.4 Å². The first-order valence-electron chi connectivity index (χ1n) is 13.4. The molecule has 2 rings (SSSR count). The van der Waals surface area contributed by atoms with Gasteiger partial charge in [0.2, 0.25) is 11.8 Å². The molecule has 1 N–H and O–H groups in total. The van der Waals surface area contributed by atoms with Gasteiger partial charge in [0, 0.05) is 40.0 Å². The molecule has 17 heteroatoms. The van der Waals surface area contributed by atoms with E-state index in [0.29, 0.717) is 0 Å². The highest BCUT2D eigenvalue weighted by Gasteiger charge is 2.51. The van der Waals surface area contributed by atoms with Crippen LogP contribution in [0.1, 0.15) is 66.8 Å². The van der Waals surface area contributed by atoms with Gasteiger partial charge in [0.05, 0.1) is 12.7 Å². The van der Waals surface area contributed by atoms with E-state index in [0.717, 1.165) is 13.8 Å². The van der Waals surface area contributed by atoms with Crippen LogP contribution in [0.3, 0.4) is 0 Å². The third kappa shape index (κ3) is 11.4. The Morgan fingerprint density at radius 1 is 1.02 bits per heavy atom. The van der Waals surface area contributed by atoms with Crippen LogP contribution in [0.5, 0.6) is 0 Å². The highest BCUT2D eigenvalue weighted by atomic mass is 35.5. The van der Waals surface area contributed by atoms with Crippen molar-refractivity contribution in [2.75, 3.05) is 19.0 Å². The van der Waals surface area contributed by atoms with Crippen molar-refractivity contribution in [3.8, 4) is 0 Å². The predicted molar refractivity (Wildman–Crippen MR) is 146 cm³/mol. The molecule has 0 bridgehead atoms. The number of carbonyl (C=O) groups excluding carboxylic acids is 6. The highest BCUT2D eigenvalue weighted by molar-refractivity contribution is 6.18. The number of esters is 4. The Morgan fingerprint density at radius 2 is 1.65 bits per heavy atom. The number of rotatable bonds is 12. The fourth-order valence-corrected chi connectivity index (χ4v) is 4.40. The zero-order chi connectivity index (χ0) is 32.5. The Bertz CT molecular complexity index is 1180. The van der Waals surface area contributed by atoms with Crippen molar-refractivity contribution >= 4 is 47.3 Å². The van der Waals surface area contributed by atoms with Gasteiger partial charge in [-0.25, -0.2) is 4.68 Å². The molecule has 16 nitrogen and oxygen atoms in total. The summed E-state index contributed by atoms with van der Waals surface area (Å²) in [5.74, 6) is -3.72. The largest absolute Gasteiger partial charge is 0.463 e. The van der Waals surface area contributed by atoms with Crippen LogP contribution in [-0.4, -0.2) is 105 Å². The fourth-order valence-electron chi connectivity index (χ4n) is 4.24. The average molecular weight is 632 g/mol. The van der Waals surface area contributed by atoms with Crippen molar-refractivity contribution in [3.63, 3.8) is 0 Å². The van der Waals surface area contributed by atoms with E-state index in [9.17, 15) is 28.8 Å². The highest BCUT2D eigenvalue weighted by Crippen LogP contribution is 2.32. The summed E-state index contributed by atoms with van der Waals surface area (Å²) in [6, 6.07) is -1.16. The number of halogens is 1. The lowest BCUT2D eigenvalue weighted by Gasteiger charge is -2.45. The maximum Gasteiger partial charge on any atom is 0.326 e. The zero-order valence-electron chi connectivity index (χ0n) is 25.2. The smallest absolute Gasteiger partial charge is 0.326 e. The van der Waals surface area contributed by atoms with Gasteiger partial charge in [-0.3, -0.25) is 28.8 Å². The monoisotopic (exact) mass is 631 g/mol. The first-order chi connectivity index (χ1) is 20.0. The fraction of sp³-hybridized carbons (Fsp3) is 0.692. The molecule has 240 valence electrons. The summed E-state index contributed by atoms with van der Waals surface area (Å²) in [6.07, 6.45) is -3.61. The summed E-state index contributed by atoms with van der Waals surface area (Å²) < 4.78 is 28.6. The van der Waals surface area contributed by atoms with Crippen molar-refractivity contribution in [1.82, 2.24) is 25.2 Å². The van der Waals surface area contributed by atoms with E-state index < -0.39 is 78.5 Å². The summed E-state index contributed by atoms with van der Waals surface area (Å²) in [7, 11) is 0. The molecule has 0 spiro atoms. The Labute approximate surface area is 253 Å². The summed E-state index contributed by atoms with van der Waals surface area (Å²) in [4.78, 5) is 74.2. The van der Waals surface area contributed by atoms with Crippen molar-refractivity contribution in [2.24, 2.45) is 0 Å². The summed E-state index contributed by atoms with van der Waals surface area (Å²) in [5, 5.41) is 10.8. The summed E-state index contributed by atoms with van der Waals surface area (Å²) in [5.41, 5.74) is -0.553. The van der Waals surface area contributed by atoms with Crippen LogP contribution in [0.4, 0.5) is 0 Å². The van der Waals surface area contributed by atoms with Gasteiger partial charge < -0.3 is 33.9 Å². The van der Waals surface area contributed by atoms with Gasteiger partial charge in [-0.15, -0.1) is 16.7 Å². The van der Waals surface area contributed by atoms with Gasteiger partial charge in [-0.05, 0) is 20.8 Å². The van der Waals surface area contributed by atoms with Gasteiger partial charge in [0.25, 0.3) is 0 Å². The van der Waals surface area contributed by atoms with E-state index in [1.54, 1.807) is 20.8 Å². The van der Waals surface area contributed by atoms with Crippen LogP contribution in [0, 0.1) is 0 Å². The van der Waals surface area contributed by atoms with E-state index in [1.807, 2.05) is 0 Å². The third-order valence-corrected chi connectivity index (χ3v) is 5.85.